The number of hydrogen-bond acceptors (Lipinski definition) is 18. The number of H-pyrrole nitrogens is 1. The number of halogens is 5. The lowest BCUT2D eigenvalue weighted by molar-refractivity contribution is 0.318. The van der Waals surface area contributed by atoms with Crippen LogP contribution in [0.4, 0.5) is 0 Å². The van der Waals surface area contributed by atoms with Gasteiger partial charge in [-0.15, -0.1) is 0 Å². The molecule has 0 atom stereocenters. The van der Waals surface area contributed by atoms with Crippen molar-refractivity contribution in [1.29, 1.82) is 5.26 Å². The number of rotatable bonds is 6. The van der Waals surface area contributed by atoms with Crippen LogP contribution in [0.2, 0.25) is 25.2 Å². The Morgan fingerprint density at radius 1 is 0.569 bits per heavy atom. The normalized spacial score (nSPS) is 10.5. The molecule has 0 unspecified atom stereocenters. The second-order valence-corrected chi connectivity index (χ2v) is 14.3. The number of pyridine rings is 4. The van der Waals surface area contributed by atoms with Crippen molar-refractivity contribution in [2.24, 2.45) is 10.9 Å². The Bertz CT molecular complexity index is 3140. The molecule has 9 aromatic heterocycles. The average molecular weight is 968 g/mol. The van der Waals surface area contributed by atoms with Gasteiger partial charge in [-0.3, -0.25) is 29.4 Å². The van der Waals surface area contributed by atoms with Crippen LogP contribution in [0.1, 0.15) is 11.4 Å². The number of oxime groups is 1. The van der Waals surface area contributed by atoms with Crippen LogP contribution in [0.3, 0.4) is 0 Å². The quantitative estimate of drug-likeness (QED) is 0.0472. The van der Waals surface area contributed by atoms with Crippen LogP contribution in [0.15, 0.2) is 138 Å². The molecule has 20 nitrogen and oxygen atoms in total. The number of aromatic amines is 1. The van der Waals surface area contributed by atoms with Gasteiger partial charge < -0.3 is 10.9 Å². The first-order valence-electron chi connectivity index (χ1n) is 17.8. The van der Waals surface area contributed by atoms with Crippen LogP contribution in [0.25, 0.3) is 56.5 Å². The highest BCUT2D eigenvalue weighted by Crippen LogP contribution is 2.24. The summed E-state index contributed by atoms with van der Waals surface area (Å²) in [5.41, 5.74) is 12.1. The van der Waals surface area contributed by atoms with E-state index in [2.05, 4.69) is 79.6 Å². The zero-order valence-electron chi connectivity index (χ0n) is 32.5. The first kappa shape index (κ1) is 46.6. The Kier molecular flexibility index (Phi) is 16.4. The maximum atomic E-state index is 10.9. The molecule has 4 N–H and O–H groups in total. The van der Waals surface area contributed by atoms with Gasteiger partial charge in [0, 0.05) is 84.0 Å². The zero-order chi connectivity index (χ0) is 46.1. The van der Waals surface area contributed by atoms with Gasteiger partial charge in [0.1, 0.15) is 53.6 Å². The predicted octanol–water partition coefficient (Wildman–Crippen LogP) is 7.73. The van der Waals surface area contributed by atoms with Gasteiger partial charge in [-0.05, 0) is 36.4 Å². The van der Waals surface area contributed by atoms with Crippen molar-refractivity contribution >= 4 is 63.8 Å². The highest BCUT2D eigenvalue weighted by atomic mass is 35.5. The lowest BCUT2D eigenvalue weighted by Gasteiger charge is -2.02. The fourth-order valence-electron chi connectivity index (χ4n) is 4.97. The summed E-state index contributed by atoms with van der Waals surface area (Å²) in [6.45, 7) is 0. The summed E-state index contributed by atoms with van der Waals surface area (Å²) in [6.07, 6.45) is 18.1. The average Bonchev–Trinajstić information content (AvgIpc) is 3.78. The van der Waals surface area contributed by atoms with Crippen molar-refractivity contribution in [3.05, 3.63) is 171 Å². The zero-order valence-corrected chi connectivity index (χ0v) is 36.3. The molecule has 0 aliphatic heterocycles. The minimum absolute atomic E-state index is 0.0800. The SMILES string of the molecule is Clc1cncc(-c2cc(Cl)ncn2)c1.N#Cc1cc(-c2cncc(Cl)c2)ncn1.N/C(=N\O)c1cc(-c2cncc(Cl)c2)ncn1.O=c1[nH]c(-c2cc(-c3cncc(Cl)c3)ncn2)no1. The van der Waals surface area contributed by atoms with Crippen molar-refractivity contribution in [3.63, 3.8) is 0 Å². The molecule has 0 aliphatic carbocycles. The predicted molar refractivity (Wildman–Crippen MR) is 239 cm³/mol. The minimum atomic E-state index is -0.639. The Morgan fingerprint density at radius 3 is 1.45 bits per heavy atom. The molecule has 322 valence electrons. The highest BCUT2D eigenvalue weighted by Gasteiger charge is 2.10. The van der Waals surface area contributed by atoms with Crippen LogP contribution >= 0.6 is 58.0 Å². The summed E-state index contributed by atoms with van der Waals surface area (Å²) in [5, 5.41) is 26.2. The van der Waals surface area contributed by atoms with Gasteiger partial charge in [-0.25, -0.2) is 44.7 Å². The summed E-state index contributed by atoms with van der Waals surface area (Å²) in [4.78, 5) is 60.9. The number of hydrogen-bond donors (Lipinski definition) is 3. The van der Waals surface area contributed by atoms with E-state index in [1.165, 1.54) is 43.9 Å². The summed E-state index contributed by atoms with van der Waals surface area (Å²) < 4.78 is 4.43. The summed E-state index contributed by atoms with van der Waals surface area (Å²) in [5.74, 6) is -0.480. The van der Waals surface area contributed by atoms with Crippen molar-refractivity contribution < 1.29 is 9.73 Å². The minimum Gasteiger partial charge on any atom is -0.409 e. The first-order valence-corrected chi connectivity index (χ1v) is 19.7. The largest absolute Gasteiger partial charge is 0.439 e. The van der Waals surface area contributed by atoms with E-state index in [1.807, 2.05) is 6.07 Å². The lowest BCUT2D eigenvalue weighted by atomic mass is 10.2. The molecule has 0 bridgehead atoms. The van der Waals surface area contributed by atoms with Crippen molar-refractivity contribution in [1.82, 2.24) is 69.9 Å². The van der Waals surface area contributed by atoms with Gasteiger partial charge in [0.2, 0.25) is 5.82 Å². The highest BCUT2D eigenvalue weighted by molar-refractivity contribution is 6.31. The van der Waals surface area contributed by atoms with Crippen LogP contribution in [0, 0.1) is 11.3 Å². The number of amidine groups is 1. The monoisotopic (exact) mass is 965 g/mol. The molecule has 0 saturated heterocycles. The van der Waals surface area contributed by atoms with Crippen molar-refractivity contribution in [2.45, 2.75) is 0 Å². The number of aromatic nitrogens is 14. The molecular weight excluding hydrogens is 944 g/mol. The fraction of sp³-hybridized carbons (Fsp3) is 0. The van der Waals surface area contributed by atoms with Gasteiger partial charge in [0.05, 0.1) is 42.9 Å². The van der Waals surface area contributed by atoms with Crippen molar-refractivity contribution in [2.75, 3.05) is 0 Å². The summed E-state index contributed by atoms with van der Waals surface area (Å²) in [7, 11) is 0. The fourth-order valence-corrected chi connectivity index (χ4v) is 5.81. The molecule has 0 fully saturated rings. The third-order valence-electron chi connectivity index (χ3n) is 7.81. The standard InChI is InChI=1S/C11H6ClN5O2.C10H8ClN5O.C10H5ClN4.C9H5Cl2N3/c12-7-1-6(3-13-4-7)8-2-9(15-5-14-8)10-16-11(18)19-17-10;11-7-1-6(3-13-4-7)8-2-9(10(12)16-17)15-5-14-8;11-8-1-7(4-13-5-8)10-2-9(3-12)14-6-15-10;10-7-1-6(3-12-4-7)8-2-9(11)14-5-13-8/h1-5H,(H,16,17,18);1-5,17H,(H2,12,16);1-2,4-6H;1-5H. The second kappa shape index (κ2) is 23.0. The Labute approximate surface area is 391 Å². The van der Waals surface area contributed by atoms with Gasteiger partial charge in [-0.2, -0.15) is 5.26 Å². The Balaban J connectivity index is 0.000000145. The summed E-state index contributed by atoms with van der Waals surface area (Å²) >= 11 is 29.0. The van der Waals surface area contributed by atoms with E-state index in [0.717, 1.165) is 22.3 Å². The third kappa shape index (κ3) is 13.8. The topological polar surface area (TPSA) is 296 Å². The molecule has 0 saturated carbocycles. The van der Waals surface area contributed by atoms with Crippen LogP contribution in [-0.4, -0.2) is 81.0 Å². The maximum absolute atomic E-state index is 10.9. The van der Waals surface area contributed by atoms with E-state index in [-0.39, 0.29) is 11.7 Å². The van der Waals surface area contributed by atoms with E-state index in [1.54, 1.807) is 79.5 Å². The summed E-state index contributed by atoms with van der Waals surface area (Å²) in [6, 6.07) is 15.4. The number of nitrogens with zero attached hydrogens (tertiary/aromatic N) is 15. The van der Waals surface area contributed by atoms with E-state index in [9.17, 15) is 4.79 Å². The first-order chi connectivity index (χ1) is 31.5. The van der Waals surface area contributed by atoms with Crippen molar-refractivity contribution in [3.8, 4) is 62.6 Å². The van der Waals surface area contributed by atoms with Gasteiger partial charge in [0.15, 0.2) is 5.84 Å². The smallest absolute Gasteiger partial charge is 0.409 e. The van der Waals surface area contributed by atoms with E-state index < -0.39 is 5.76 Å². The van der Waals surface area contributed by atoms with Crippen LogP contribution in [0.5, 0.6) is 0 Å². The van der Waals surface area contributed by atoms with Gasteiger partial charge in [-0.1, -0.05) is 68.3 Å². The number of nitriles is 1. The van der Waals surface area contributed by atoms with Gasteiger partial charge >= 0.3 is 5.76 Å². The molecule has 65 heavy (non-hydrogen) atoms. The molecule has 0 amide bonds. The molecule has 0 spiro atoms. The molecule has 0 aliphatic rings. The lowest BCUT2D eigenvalue weighted by Crippen LogP contribution is -2.15. The molecule has 9 rings (SSSR count). The Morgan fingerprint density at radius 2 is 1.00 bits per heavy atom. The number of nitrogens with one attached hydrogen (secondary N) is 1. The molecule has 9 aromatic rings. The molecule has 9 heterocycles. The van der Waals surface area contributed by atoms with E-state index >= 15 is 0 Å². The van der Waals surface area contributed by atoms with E-state index in [4.69, 9.17) is 74.2 Å². The molecule has 25 heteroatoms. The Hall–Kier alpha value is -7.93. The maximum Gasteiger partial charge on any atom is 0.439 e. The molecule has 0 radical (unpaired) electrons. The molecular formula is C40H24Cl5N17O3. The van der Waals surface area contributed by atoms with Crippen LogP contribution in [-0.2, 0) is 0 Å². The van der Waals surface area contributed by atoms with Gasteiger partial charge in [0.25, 0.3) is 0 Å². The third-order valence-corrected chi connectivity index (χ3v) is 8.84. The second-order valence-electron chi connectivity index (χ2n) is 12.2. The molecule has 0 aromatic carbocycles. The number of nitrogens with two attached hydrogens (primary N) is 1. The van der Waals surface area contributed by atoms with E-state index in [0.29, 0.717) is 65.1 Å². The van der Waals surface area contributed by atoms with Crippen LogP contribution < -0.4 is 11.5 Å².